The Hall–Kier alpha value is -1.17. The molecule has 1 unspecified atom stereocenters. The van der Waals surface area contributed by atoms with E-state index in [4.69, 9.17) is 11.5 Å². The summed E-state index contributed by atoms with van der Waals surface area (Å²) in [7, 11) is 0. The van der Waals surface area contributed by atoms with Crippen LogP contribution in [0.15, 0.2) is 25.2 Å². The van der Waals surface area contributed by atoms with Gasteiger partial charge in [-0.05, 0) is 15.9 Å². The van der Waals surface area contributed by atoms with Crippen LogP contribution in [0.2, 0.25) is 0 Å². The van der Waals surface area contributed by atoms with Crippen LogP contribution in [0.3, 0.4) is 0 Å². The Labute approximate surface area is 77.1 Å². The van der Waals surface area contributed by atoms with Crippen molar-refractivity contribution < 1.29 is 0 Å². The van der Waals surface area contributed by atoms with Crippen molar-refractivity contribution in [2.45, 2.75) is 6.04 Å². The maximum atomic E-state index is 5.73. The molecule has 12 heavy (non-hydrogen) atoms. The lowest BCUT2D eigenvalue weighted by molar-refractivity contribution is 0.978. The Morgan fingerprint density at radius 1 is 1.42 bits per heavy atom. The van der Waals surface area contributed by atoms with Crippen molar-refractivity contribution in [1.29, 1.82) is 0 Å². The van der Waals surface area contributed by atoms with E-state index in [1.54, 1.807) is 0 Å². The van der Waals surface area contributed by atoms with Gasteiger partial charge in [0.1, 0.15) is 12.2 Å². The number of rotatable bonds is 0. The fraction of sp³-hybridized carbons (Fsp3) is 0.167. The van der Waals surface area contributed by atoms with Gasteiger partial charge in [0.05, 0.1) is 10.2 Å². The summed E-state index contributed by atoms with van der Waals surface area (Å²) in [5, 5.41) is 0. The number of hydrogen-bond donors (Lipinski definition) is 2. The number of nitrogens with zero attached hydrogens (tertiary/aromatic N) is 3. The van der Waals surface area contributed by atoms with Crippen LogP contribution in [0.1, 0.15) is 0 Å². The average molecular weight is 228 g/mol. The first kappa shape index (κ1) is 7.48. The monoisotopic (exact) mass is 227 g/mol. The molecule has 4 N–H and O–H groups in total. The minimum absolute atomic E-state index is 0.244. The highest BCUT2D eigenvalue weighted by molar-refractivity contribution is 9.12. The summed E-state index contributed by atoms with van der Waals surface area (Å²) in [5.74, 6) is 0.918. The summed E-state index contributed by atoms with van der Waals surface area (Å²) in [4.78, 5) is 11.9. The van der Waals surface area contributed by atoms with Crippen molar-refractivity contribution in [1.82, 2.24) is 0 Å². The van der Waals surface area contributed by atoms with Crippen LogP contribution in [0.5, 0.6) is 0 Å². The van der Waals surface area contributed by atoms with Gasteiger partial charge in [-0.25, -0.2) is 9.98 Å². The average Bonchev–Trinajstić information content (AvgIpc) is 2.48. The molecule has 62 valence electrons. The van der Waals surface area contributed by atoms with E-state index in [0.29, 0.717) is 21.9 Å². The predicted octanol–water partition coefficient (Wildman–Crippen LogP) is -0.269. The van der Waals surface area contributed by atoms with Crippen molar-refractivity contribution in [3.8, 4) is 0 Å². The zero-order valence-corrected chi connectivity index (χ0v) is 7.62. The van der Waals surface area contributed by atoms with Crippen molar-refractivity contribution in [2.75, 3.05) is 0 Å². The van der Waals surface area contributed by atoms with E-state index in [-0.39, 0.29) is 6.04 Å². The molecule has 0 radical (unpaired) electrons. The third-order valence-electron chi connectivity index (χ3n) is 1.66. The number of amidine groups is 2. The molecule has 0 bridgehead atoms. The molecule has 0 saturated heterocycles. The lowest BCUT2D eigenvalue weighted by atomic mass is 10.1. The predicted molar refractivity (Wildman–Crippen MR) is 51.5 cm³/mol. The topological polar surface area (TPSA) is 89.1 Å². The SMILES string of the molecule is NC1=NC2=NC=NC2C(N)=C1Br. The lowest BCUT2D eigenvalue weighted by Crippen LogP contribution is -2.32. The molecule has 2 aliphatic rings. The van der Waals surface area contributed by atoms with E-state index in [9.17, 15) is 0 Å². The Morgan fingerprint density at radius 3 is 2.92 bits per heavy atom. The molecule has 5 nitrogen and oxygen atoms in total. The molecule has 0 fully saturated rings. The van der Waals surface area contributed by atoms with Crippen LogP contribution in [-0.4, -0.2) is 24.1 Å². The van der Waals surface area contributed by atoms with Gasteiger partial charge < -0.3 is 11.5 Å². The zero-order chi connectivity index (χ0) is 8.72. The fourth-order valence-corrected chi connectivity index (χ4v) is 1.35. The van der Waals surface area contributed by atoms with Crippen molar-refractivity contribution in [2.24, 2.45) is 26.4 Å². The number of fused-ring (bicyclic) bond motifs is 1. The summed E-state index contributed by atoms with van der Waals surface area (Å²) in [6.07, 6.45) is 1.44. The van der Waals surface area contributed by atoms with E-state index in [2.05, 4.69) is 30.9 Å². The highest BCUT2D eigenvalue weighted by Gasteiger charge is 2.28. The van der Waals surface area contributed by atoms with E-state index in [1.807, 2.05) is 0 Å². The van der Waals surface area contributed by atoms with Gasteiger partial charge in [-0.3, -0.25) is 4.99 Å². The van der Waals surface area contributed by atoms with Crippen LogP contribution in [0.4, 0.5) is 0 Å². The molecule has 0 spiro atoms. The molecule has 2 aliphatic heterocycles. The summed E-state index contributed by atoms with van der Waals surface area (Å²) < 4.78 is 0.616. The molecule has 1 atom stereocenters. The molecule has 0 aromatic carbocycles. The Kier molecular flexibility index (Phi) is 1.50. The van der Waals surface area contributed by atoms with Gasteiger partial charge in [-0.15, -0.1) is 0 Å². The maximum Gasteiger partial charge on any atom is 0.163 e. The number of aliphatic imine (C=N–C) groups is 3. The molecule has 2 rings (SSSR count). The number of hydrogen-bond acceptors (Lipinski definition) is 5. The number of dihydropyridines is 1. The lowest BCUT2D eigenvalue weighted by Gasteiger charge is -2.15. The first-order chi connectivity index (χ1) is 5.70. The van der Waals surface area contributed by atoms with Gasteiger partial charge in [-0.2, -0.15) is 0 Å². The van der Waals surface area contributed by atoms with Gasteiger partial charge in [0.2, 0.25) is 0 Å². The summed E-state index contributed by atoms with van der Waals surface area (Å²) >= 11 is 3.23. The minimum Gasteiger partial charge on any atom is -0.399 e. The molecule has 6 heteroatoms. The Bertz CT molecular complexity index is 351. The normalized spacial score (nSPS) is 26.9. The van der Waals surface area contributed by atoms with Gasteiger partial charge in [0.25, 0.3) is 0 Å². The summed E-state index contributed by atoms with van der Waals surface area (Å²) in [6, 6.07) is -0.244. The maximum absolute atomic E-state index is 5.73. The van der Waals surface area contributed by atoms with Crippen LogP contribution in [-0.2, 0) is 0 Å². The quantitative estimate of drug-likeness (QED) is 0.597. The van der Waals surface area contributed by atoms with E-state index in [1.165, 1.54) is 6.34 Å². The van der Waals surface area contributed by atoms with Gasteiger partial charge in [0.15, 0.2) is 11.9 Å². The third kappa shape index (κ3) is 0.878. The van der Waals surface area contributed by atoms with Gasteiger partial charge in [-0.1, -0.05) is 0 Å². The van der Waals surface area contributed by atoms with Crippen LogP contribution >= 0.6 is 15.9 Å². The molecule has 0 aliphatic carbocycles. The van der Waals surface area contributed by atoms with E-state index < -0.39 is 0 Å². The fourth-order valence-electron chi connectivity index (χ4n) is 1.05. The molecule has 0 aromatic rings. The highest BCUT2D eigenvalue weighted by atomic mass is 79.9. The van der Waals surface area contributed by atoms with E-state index in [0.717, 1.165) is 0 Å². The highest BCUT2D eigenvalue weighted by Crippen LogP contribution is 2.21. The van der Waals surface area contributed by atoms with Crippen molar-refractivity contribution in [3.05, 3.63) is 10.2 Å². The largest absolute Gasteiger partial charge is 0.399 e. The molecular formula is C6H6BrN5. The van der Waals surface area contributed by atoms with Gasteiger partial charge >= 0.3 is 0 Å². The van der Waals surface area contributed by atoms with Crippen LogP contribution < -0.4 is 11.5 Å². The summed E-state index contributed by atoms with van der Waals surface area (Å²) in [5.41, 5.74) is 11.8. The summed E-state index contributed by atoms with van der Waals surface area (Å²) in [6.45, 7) is 0. The van der Waals surface area contributed by atoms with Gasteiger partial charge in [0, 0.05) is 0 Å². The number of halogens is 1. The smallest absolute Gasteiger partial charge is 0.163 e. The Balaban J connectivity index is 2.52. The zero-order valence-electron chi connectivity index (χ0n) is 6.03. The van der Waals surface area contributed by atoms with Crippen molar-refractivity contribution >= 4 is 33.9 Å². The first-order valence-electron chi connectivity index (χ1n) is 3.29. The second-order valence-electron chi connectivity index (χ2n) is 2.42. The molecule has 0 amide bonds. The molecule has 0 saturated carbocycles. The standard InChI is InChI=1S/C6H6BrN5/c7-2-3(8)4-6(11-1-10-4)12-5(2)9/h1,4H,8H2,(H2,9,10,11,12). The molecular weight excluding hydrogens is 222 g/mol. The van der Waals surface area contributed by atoms with Crippen molar-refractivity contribution in [3.63, 3.8) is 0 Å². The first-order valence-corrected chi connectivity index (χ1v) is 4.08. The Morgan fingerprint density at radius 2 is 2.17 bits per heavy atom. The molecule has 0 aromatic heterocycles. The minimum atomic E-state index is -0.244. The van der Waals surface area contributed by atoms with Crippen LogP contribution in [0, 0.1) is 0 Å². The number of nitrogens with two attached hydrogens (primary N) is 2. The van der Waals surface area contributed by atoms with E-state index >= 15 is 0 Å². The second-order valence-corrected chi connectivity index (χ2v) is 3.21. The van der Waals surface area contributed by atoms with Crippen LogP contribution in [0.25, 0.3) is 0 Å². The second kappa shape index (κ2) is 2.41. The molecule has 2 heterocycles. The third-order valence-corrected chi connectivity index (χ3v) is 2.52.